The van der Waals surface area contributed by atoms with E-state index in [2.05, 4.69) is 26.1 Å². The van der Waals surface area contributed by atoms with Gasteiger partial charge in [0.15, 0.2) is 0 Å². The van der Waals surface area contributed by atoms with Gasteiger partial charge in [-0.15, -0.1) is 11.3 Å². The molecule has 148 valence electrons. The summed E-state index contributed by atoms with van der Waals surface area (Å²) >= 11 is 1.63. The third kappa shape index (κ3) is 5.11. The topological polar surface area (TPSA) is 117 Å². The lowest BCUT2D eigenvalue weighted by Crippen LogP contribution is -2.47. The first kappa shape index (κ1) is 19.9. The van der Waals surface area contributed by atoms with E-state index in [0.717, 1.165) is 30.3 Å². The van der Waals surface area contributed by atoms with Crippen molar-refractivity contribution in [3.8, 4) is 0 Å². The Hall–Kier alpha value is -2.85. The summed E-state index contributed by atoms with van der Waals surface area (Å²) in [6.07, 6.45) is 1.39. The maximum absolute atomic E-state index is 12.3. The number of likely N-dealkylation sites (tertiary alicyclic amines) is 1. The number of hydrogen-bond donors (Lipinski definition) is 2. The molecule has 1 aromatic heterocycles. The molecule has 0 saturated carbocycles. The van der Waals surface area contributed by atoms with Crippen LogP contribution in [-0.4, -0.2) is 39.7 Å². The van der Waals surface area contributed by atoms with Crippen LogP contribution in [0.3, 0.4) is 0 Å². The zero-order chi connectivity index (χ0) is 20.1. The number of piperidine rings is 1. The smallest absolute Gasteiger partial charge is 0.270 e. The second-order valence-corrected chi connectivity index (χ2v) is 7.72. The molecular weight excluding hydrogens is 382 g/mol. The number of aromatic nitrogens is 1. The number of nitro benzene ring substituents is 1. The Kier molecular flexibility index (Phi) is 6.32. The minimum Gasteiger partial charge on any atom is -0.297 e. The second-order valence-electron chi connectivity index (χ2n) is 6.66. The number of amides is 2. The van der Waals surface area contributed by atoms with Crippen LogP contribution >= 0.6 is 11.3 Å². The van der Waals surface area contributed by atoms with Crippen LogP contribution in [0.4, 0.5) is 5.69 Å². The highest BCUT2D eigenvalue weighted by Gasteiger charge is 2.25. The lowest BCUT2D eigenvalue weighted by Gasteiger charge is -2.30. The molecule has 0 aliphatic carbocycles. The van der Waals surface area contributed by atoms with Crippen molar-refractivity contribution in [3.63, 3.8) is 0 Å². The van der Waals surface area contributed by atoms with E-state index in [1.807, 2.05) is 6.92 Å². The molecule has 3 rings (SSSR count). The van der Waals surface area contributed by atoms with Crippen molar-refractivity contribution in [2.45, 2.75) is 26.3 Å². The Balaban J connectivity index is 1.45. The maximum Gasteiger partial charge on any atom is 0.270 e. The van der Waals surface area contributed by atoms with E-state index in [1.165, 1.54) is 24.3 Å². The molecule has 1 saturated heterocycles. The highest BCUT2D eigenvalue weighted by Crippen LogP contribution is 2.20. The van der Waals surface area contributed by atoms with Crippen LogP contribution in [0.15, 0.2) is 29.6 Å². The molecule has 2 amide bonds. The summed E-state index contributed by atoms with van der Waals surface area (Å²) in [5.74, 6) is -1.02. The van der Waals surface area contributed by atoms with Crippen molar-refractivity contribution in [1.82, 2.24) is 20.7 Å². The van der Waals surface area contributed by atoms with E-state index in [0.29, 0.717) is 12.8 Å². The van der Waals surface area contributed by atoms with Gasteiger partial charge in [-0.25, -0.2) is 4.98 Å². The quantitative estimate of drug-likeness (QED) is 0.583. The molecule has 0 bridgehead atoms. The lowest BCUT2D eigenvalue weighted by atomic mass is 9.96. The first-order chi connectivity index (χ1) is 13.4. The normalized spacial score (nSPS) is 15.2. The number of carbonyl (C=O) groups is 2. The van der Waals surface area contributed by atoms with E-state index >= 15 is 0 Å². The molecule has 10 heteroatoms. The molecule has 0 atom stereocenters. The van der Waals surface area contributed by atoms with Gasteiger partial charge in [0.1, 0.15) is 0 Å². The van der Waals surface area contributed by atoms with Crippen LogP contribution in [0, 0.1) is 23.0 Å². The molecule has 1 fully saturated rings. The number of benzene rings is 1. The van der Waals surface area contributed by atoms with Crippen LogP contribution in [0.25, 0.3) is 0 Å². The van der Waals surface area contributed by atoms with Gasteiger partial charge in [-0.3, -0.25) is 35.5 Å². The summed E-state index contributed by atoms with van der Waals surface area (Å²) < 4.78 is 0. The molecule has 1 aromatic carbocycles. The number of rotatable bonds is 5. The SMILES string of the molecule is Cc1nc(CN2CCC(C(=O)NNC(=O)c3cccc([N+](=O)[O-])c3)CC2)cs1. The average molecular weight is 403 g/mol. The van der Waals surface area contributed by atoms with Crippen molar-refractivity contribution < 1.29 is 14.5 Å². The molecule has 0 radical (unpaired) electrons. The highest BCUT2D eigenvalue weighted by molar-refractivity contribution is 7.09. The van der Waals surface area contributed by atoms with Gasteiger partial charge in [-0.2, -0.15) is 0 Å². The van der Waals surface area contributed by atoms with Crippen LogP contribution in [0.2, 0.25) is 0 Å². The molecule has 9 nitrogen and oxygen atoms in total. The Morgan fingerprint density at radius 1 is 1.32 bits per heavy atom. The number of hydrazine groups is 1. The second kappa shape index (κ2) is 8.89. The molecule has 2 N–H and O–H groups in total. The summed E-state index contributed by atoms with van der Waals surface area (Å²) in [6, 6.07) is 5.35. The van der Waals surface area contributed by atoms with Crippen molar-refractivity contribution in [3.05, 3.63) is 56.0 Å². The van der Waals surface area contributed by atoms with Crippen molar-refractivity contribution in [2.24, 2.45) is 5.92 Å². The van der Waals surface area contributed by atoms with Crippen LogP contribution < -0.4 is 10.9 Å². The molecule has 2 aromatic rings. The Labute approximate surface area is 165 Å². The minimum atomic E-state index is -0.589. The van der Waals surface area contributed by atoms with Gasteiger partial charge in [0, 0.05) is 35.5 Å². The van der Waals surface area contributed by atoms with E-state index in [-0.39, 0.29) is 23.1 Å². The number of aryl methyl sites for hydroxylation is 1. The fourth-order valence-corrected chi connectivity index (χ4v) is 3.72. The van der Waals surface area contributed by atoms with Gasteiger partial charge in [-0.1, -0.05) is 6.07 Å². The number of thiazole rings is 1. The zero-order valence-corrected chi connectivity index (χ0v) is 16.2. The van der Waals surface area contributed by atoms with Crippen LogP contribution in [0.1, 0.15) is 33.9 Å². The summed E-state index contributed by atoms with van der Waals surface area (Å²) in [7, 11) is 0. The molecule has 1 aliphatic rings. The summed E-state index contributed by atoms with van der Waals surface area (Å²) in [4.78, 5) is 41.4. The standard InChI is InChI=1S/C18H21N5O4S/c1-12-19-15(11-28-12)10-22-7-5-13(6-8-22)17(24)20-21-18(25)14-3-2-4-16(9-14)23(26)27/h2-4,9,11,13H,5-8,10H2,1H3,(H,20,24)(H,21,25). The number of non-ortho nitro benzene ring substituents is 1. The molecular formula is C18H21N5O4S. The zero-order valence-electron chi connectivity index (χ0n) is 15.4. The Morgan fingerprint density at radius 3 is 2.71 bits per heavy atom. The van der Waals surface area contributed by atoms with Crippen LogP contribution in [0.5, 0.6) is 0 Å². The third-order valence-electron chi connectivity index (χ3n) is 4.63. The van der Waals surface area contributed by atoms with Gasteiger partial charge in [0.2, 0.25) is 5.91 Å². The van der Waals surface area contributed by atoms with Crippen molar-refractivity contribution in [2.75, 3.05) is 13.1 Å². The van der Waals surface area contributed by atoms with Gasteiger partial charge in [0.05, 0.1) is 15.6 Å². The van der Waals surface area contributed by atoms with E-state index in [4.69, 9.17) is 0 Å². The van der Waals surface area contributed by atoms with Crippen LogP contribution in [-0.2, 0) is 11.3 Å². The summed E-state index contributed by atoms with van der Waals surface area (Å²) in [5, 5.41) is 13.9. The van der Waals surface area contributed by atoms with Gasteiger partial charge < -0.3 is 0 Å². The first-order valence-corrected chi connectivity index (χ1v) is 9.78. The number of nitrogens with zero attached hydrogens (tertiary/aromatic N) is 3. The predicted octanol–water partition coefficient (Wildman–Crippen LogP) is 2.03. The first-order valence-electron chi connectivity index (χ1n) is 8.90. The maximum atomic E-state index is 12.3. The van der Waals surface area contributed by atoms with E-state index < -0.39 is 10.8 Å². The number of nitro groups is 1. The van der Waals surface area contributed by atoms with E-state index in [1.54, 1.807) is 11.3 Å². The molecule has 1 aliphatic heterocycles. The fourth-order valence-electron chi connectivity index (χ4n) is 3.12. The fraction of sp³-hybridized carbons (Fsp3) is 0.389. The Morgan fingerprint density at radius 2 is 2.07 bits per heavy atom. The van der Waals surface area contributed by atoms with Crippen molar-refractivity contribution in [1.29, 1.82) is 0 Å². The average Bonchev–Trinajstić information content (AvgIpc) is 3.11. The molecule has 0 spiro atoms. The van der Waals surface area contributed by atoms with E-state index in [9.17, 15) is 19.7 Å². The molecule has 0 unspecified atom stereocenters. The molecule has 2 heterocycles. The Bertz CT molecular complexity index is 876. The van der Waals surface area contributed by atoms with Gasteiger partial charge in [0.25, 0.3) is 11.6 Å². The largest absolute Gasteiger partial charge is 0.297 e. The number of nitrogens with one attached hydrogen (secondary N) is 2. The summed E-state index contributed by atoms with van der Waals surface area (Å²) in [5.41, 5.74) is 5.75. The minimum absolute atomic E-state index is 0.114. The number of hydrogen-bond acceptors (Lipinski definition) is 7. The predicted molar refractivity (Wildman–Crippen MR) is 104 cm³/mol. The van der Waals surface area contributed by atoms with Gasteiger partial charge >= 0.3 is 0 Å². The molecule has 28 heavy (non-hydrogen) atoms. The third-order valence-corrected chi connectivity index (χ3v) is 5.45. The van der Waals surface area contributed by atoms with Crippen molar-refractivity contribution >= 4 is 28.8 Å². The van der Waals surface area contributed by atoms with Gasteiger partial charge in [-0.05, 0) is 38.9 Å². The lowest BCUT2D eigenvalue weighted by molar-refractivity contribution is -0.384. The monoisotopic (exact) mass is 403 g/mol. The highest BCUT2D eigenvalue weighted by atomic mass is 32.1. The summed E-state index contributed by atoms with van der Waals surface area (Å²) in [6.45, 7) is 4.33. The number of carbonyl (C=O) groups excluding carboxylic acids is 2.